The normalized spacial score (nSPS) is 13.3. The fourth-order valence-corrected chi connectivity index (χ4v) is 5.36. The summed E-state index contributed by atoms with van der Waals surface area (Å²) in [5.41, 5.74) is 1.52. The fraction of sp³-hybridized carbons (Fsp3) is 0.429. The molecule has 0 bridgehead atoms. The number of carbonyl (C=O) groups is 2. The molecule has 1 aliphatic rings. The number of esters is 1. The van der Waals surface area contributed by atoms with Crippen LogP contribution in [0.3, 0.4) is 0 Å². The minimum absolute atomic E-state index is 0. The molecule has 1 aromatic carbocycles. The van der Waals surface area contributed by atoms with E-state index in [4.69, 9.17) is 4.74 Å². The van der Waals surface area contributed by atoms with E-state index in [2.05, 4.69) is 17.1 Å². The van der Waals surface area contributed by atoms with Crippen LogP contribution >= 0.6 is 35.5 Å². The van der Waals surface area contributed by atoms with Gasteiger partial charge in [-0.1, -0.05) is 6.92 Å². The van der Waals surface area contributed by atoms with Crippen LogP contribution < -0.4 is 5.32 Å². The van der Waals surface area contributed by atoms with Gasteiger partial charge in [0, 0.05) is 35.0 Å². The maximum atomic E-state index is 13.0. The molecule has 0 radical (unpaired) electrons. The van der Waals surface area contributed by atoms with E-state index in [-0.39, 0.29) is 30.1 Å². The minimum Gasteiger partial charge on any atom is -0.462 e. The Bertz CT molecular complexity index is 874. The molecule has 0 saturated heterocycles. The smallest absolute Gasteiger partial charge is 0.341 e. The number of anilines is 1. The van der Waals surface area contributed by atoms with E-state index in [0.717, 1.165) is 41.4 Å². The first-order chi connectivity index (χ1) is 14.0. The van der Waals surface area contributed by atoms with Gasteiger partial charge in [0.25, 0.3) is 0 Å². The summed E-state index contributed by atoms with van der Waals surface area (Å²) in [5, 5.41) is 3.51. The number of hydrogen-bond acceptors (Lipinski definition) is 6. The van der Waals surface area contributed by atoms with Gasteiger partial charge in [0.1, 0.15) is 10.8 Å². The van der Waals surface area contributed by atoms with Gasteiger partial charge < -0.3 is 10.1 Å². The van der Waals surface area contributed by atoms with Crippen molar-refractivity contribution in [2.75, 3.05) is 30.8 Å². The van der Waals surface area contributed by atoms with Crippen molar-refractivity contribution in [3.8, 4) is 0 Å². The number of hydrogen-bond donors (Lipinski definition) is 1. The first kappa shape index (κ1) is 24.7. The lowest BCUT2D eigenvalue weighted by molar-refractivity contribution is -0.115. The Hall–Kier alpha value is -1.61. The summed E-state index contributed by atoms with van der Waals surface area (Å²) in [5.74, 6) is -0.218. The van der Waals surface area contributed by atoms with Gasteiger partial charge in [-0.15, -0.1) is 35.5 Å². The maximum Gasteiger partial charge on any atom is 0.341 e. The van der Waals surface area contributed by atoms with Gasteiger partial charge in [0.2, 0.25) is 5.91 Å². The molecule has 1 N–H and O–H groups in total. The molecule has 2 heterocycles. The van der Waals surface area contributed by atoms with Gasteiger partial charge in [0.15, 0.2) is 0 Å². The van der Waals surface area contributed by atoms with E-state index in [9.17, 15) is 14.0 Å². The zero-order valence-electron chi connectivity index (χ0n) is 17.0. The molecule has 0 saturated carbocycles. The van der Waals surface area contributed by atoms with E-state index in [0.29, 0.717) is 29.3 Å². The molecular formula is C21H26ClFN2O3S2. The number of rotatable bonds is 8. The number of halogens is 2. The lowest BCUT2D eigenvalue weighted by Crippen LogP contribution is -2.30. The molecule has 2 aromatic rings. The highest BCUT2D eigenvalue weighted by Crippen LogP contribution is 2.37. The second-order valence-corrected chi connectivity index (χ2v) is 8.92. The molecule has 0 spiro atoms. The fourth-order valence-electron chi connectivity index (χ4n) is 3.22. The molecule has 0 aliphatic carbocycles. The Morgan fingerprint density at radius 1 is 1.27 bits per heavy atom. The van der Waals surface area contributed by atoms with E-state index < -0.39 is 0 Å². The Labute approximate surface area is 190 Å². The van der Waals surface area contributed by atoms with Gasteiger partial charge in [-0.05, 0) is 49.7 Å². The van der Waals surface area contributed by atoms with Crippen molar-refractivity contribution < 1.29 is 18.7 Å². The highest BCUT2D eigenvalue weighted by Gasteiger charge is 2.29. The Kier molecular flexibility index (Phi) is 9.61. The summed E-state index contributed by atoms with van der Waals surface area (Å²) in [6, 6.07) is 6.21. The van der Waals surface area contributed by atoms with E-state index in [1.54, 1.807) is 19.1 Å². The molecule has 0 unspecified atom stereocenters. The van der Waals surface area contributed by atoms with Crippen LogP contribution in [0, 0.1) is 5.82 Å². The predicted molar refractivity (Wildman–Crippen MR) is 123 cm³/mol. The Morgan fingerprint density at radius 2 is 2.00 bits per heavy atom. The van der Waals surface area contributed by atoms with Crippen LogP contribution in [0.15, 0.2) is 29.2 Å². The van der Waals surface area contributed by atoms with E-state index in [1.807, 2.05) is 0 Å². The molecule has 1 aromatic heterocycles. The molecule has 3 rings (SSSR count). The third-order valence-electron chi connectivity index (χ3n) is 4.73. The van der Waals surface area contributed by atoms with Gasteiger partial charge >= 0.3 is 5.97 Å². The van der Waals surface area contributed by atoms with Crippen LogP contribution in [-0.2, 0) is 22.5 Å². The molecule has 5 nitrogen and oxygen atoms in total. The zero-order chi connectivity index (χ0) is 20.8. The number of thioether (sulfide) groups is 1. The van der Waals surface area contributed by atoms with Crippen molar-refractivity contribution in [1.82, 2.24) is 4.90 Å². The monoisotopic (exact) mass is 472 g/mol. The van der Waals surface area contributed by atoms with Crippen molar-refractivity contribution in [2.45, 2.75) is 38.1 Å². The maximum absolute atomic E-state index is 13.0. The molecule has 164 valence electrons. The highest BCUT2D eigenvalue weighted by molar-refractivity contribution is 7.99. The number of nitrogens with zero attached hydrogens (tertiary/aromatic N) is 1. The summed E-state index contributed by atoms with van der Waals surface area (Å²) >= 11 is 2.97. The summed E-state index contributed by atoms with van der Waals surface area (Å²) in [6.45, 7) is 6.83. The molecule has 30 heavy (non-hydrogen) atoms. The number of carbonyl (C=O) groups excluding carboxylic acids is 2. The number of likely N-dealkylation sites (N-methyl/N-ethyl adjacent to an activating group) is 1. The molecule has 1 amide bonds. The quantitative estimate of drug-likeness (QED) is 0.433. The van der Waals surface area contributed by atoms with Crippen LogP contribution in [-0.4, -0.2) is 42.2 Å². The van der Waals surface area contributed by atoms with Gasteiger partial charge in [-0.3, -0.25) is 9.69 Å². The average molecular weight is 473 g/mol. The van der Waals surface area contributed by atoms with Crippen LogP contribution in [0.1, 0.15) is 41.1 Å². The van der Waals surface area contributed by atoms with Crippen molar-refractivity contribution >= 4 is 52.4 Å². The second-order valence-electron chi connectivity index (χ2n) is 6.65. The SMILES string of the molecule is CCOC(=O)c1c(NC(=O)CCSc2ccc(F)cc2)sc2c1CCN(CC)C2.Cl. The standard InChI is InChI=1S/C21H25FN2O3S2.ClH/c1-3-24-11-9-16-17(13-24)29-20(19(16)21(26)27-4-2)23-18(25)10-12-28-15-7-5-14(22)6-8-15;/h5-8H,3-4,9-13H2,1-2H3,(H,23,25);1H. The van der Waals surface area contributed by atoms with Crippen molar-refractivity contribution in [2.24, 2.45) is 0 Å². The topological polar surface area (TPSA) is 58.6 Å². The number of ether oxygens (including phenoxy) is 1. The summed E-state index contributed by atoms with van der Waals surface area (Å²) in [6.07, 6.45) is 1.08. The third kappa shape index (κ3) is 6.20. The van der Waals surface area contributed by atoms with Crippen molar-refractivity contribution in [3.63, 3.8) is 0 Å². The highest BCUT2D eigenvalue weighted by atomic mass is 35.5. The summed E-state index contributed by atoms with van der Waals surface area (Å²) in [7, 11) is 0. The predicted octanol–water partition coefficient (Wildman–Crippen LogP) is 4.98. The summed E-state index contributed by atoms with van der Waals surface area (Å²) in [4.78, 5) is 29.4. The largest absolute Gasteiger partial charge is 0.462 e. The van der Waals surface area contributed by atoms with Crippen LogP contribution in [0.2, 0.25) is 0 Å². The van der Waals surface area contributed by atoms with Gasteiger partial charge in [0.05, 0.1) is 12.2 Å². The average Bonchev–Trinajstić information content (AvgIpc) is 3.06. The van der Waals surface area contributed by atoms with Crippen molar-refractivity contribution in [1.29, 1.82) is 0 Å². The number of thiophene rings is 1. The second kappa shape index (κ2) is 11.7. The van der Waals surface area contributed by atoms with Crippen molar-refractivity contribution in [3.05, 3.63) is 46.1 Å². The number of amides is 1. The number of fused-ring (bicyclic) bond motifs is 1. The molecular weight excluding hydrogens is 447 g/mol. The Balaban J connectivity index is 0.00000320. The first-order valence-corrected chi connectivity index (χ1v) is 11.5. The minimum atomic E-state index is -0.370. The van der Waals surface area contributed by atoms with Crippen LogP contribution in [0.4, 0.5) is 9.39 Å². The van der Waals surface area contributed by atoms with E-state index in [1.165, 1.54) is 35.2 Å². The zero-order valence-corrected chi connectivity index (χ0v) is 19.5. The number of benzene rings is 1. The molecule has 9 heteroatoms. The van der Waals surface area contributed by atoms with E-state index >= 15 is 0 Å². The lowest BCUT2D eigenvalue weighted by Gasteiger charge is -2.25. The van der Waals surface area contributed by atoms with Crippen LogP contribution in [0.25, 0.3) is 0 Å². The van der Waals surface area contributed by atoms with Gasteiger partial charge in [-0.25, -0.2) is 9.18 Å². The molecule has 1 aliphatic heterocycles. The Morgan fingerprint density at radius 3 is 2.67 bits per heavy atom. The summed E-state index contributed by atoms with van der Waals surface area (Å²) < 4.78 is 18.2. The molecule has 0 atom stereocenters. The third-order valence-corrected chi connectivity index (χ3v) is 6.87. The van der Waals surface area contributed by atoms with Crippen LogP contribution in [0.5, 0.6) is 0 Å². The number of nitrogens with one attached hydrogen (secondary N) is 1. The van der Waals surface area contributed by atoms with Gasteiger partial charge in [-0.2, -0.15) is 0 Å². The lowest BCUT2D eigenvalue weighted by atomic mass is 10.0. The molecule has 0 fully saturated rings. The first-order valence-electron chi connectivity index (χ1n) is 9.74.